The topological polar surface area (TPSA) is 12.5 Å². The van der Waals surface area contributed by atoms with Crippen molar-refractivity contribution in [3.8, 4) is 0 Å². The molecule has 2 nitrogen and oxygen atoms in total. The molecular formula is C18H37NO. The van der Waals surface area contributed by atoms with E-state index in [0.29, 0.717) is 12.2 Å². The van der Waals surface area contributed by atoms with Gasteiger partial charge in [0.25, 0.3) is 0 Å². The fourth-order valence-electron chi connectivity index (χ4n) is 3.50. The highest BCUT2D eigenvalue weighted by atomic mass is 16.5. The van der Waals surface area contributed by atoms with Gasteiger partial charge in [-0.05, 0) is 26.7 Å². The predicted molar refractivity (Wildman–Crippen MR) is 88.3 cm³/mol. The molecule has 0 bridgehead atoms. The van der Waals surface area contributed by atoms with Crippen molar-refractivity contribution in [1.29, 1.82) is 0 Å². The summed E-state index contributed by atoms with van der Waals surface area (Å²) in [6.07, 6.45) is 13.4. The molecule has 120 valence electrons. The van der Waals surface area contributed by atoms with E-state index in [0.717, 1.165) is 19.1 Å². The largest absolute Gasteiger partial charge is 0.373 e. The van der Waals surface area contributed by atoms with Gasteiger partial charge in [-0.2, -0.15) is 0 Å². The van der Waals surface area contributed by atoms with Gasteiger partial charge >= 0.3 is 0 Å². The number of rotatable bonds is 10. The third-order valence-electron chi connectivity index (χ3n) is 4.58. The second-order valence-corrected chi connectivity index (χ2v) is 6.68. The Balaban J connectivity index is 2.15. The molecule has 1 rings (SSSR count). The van der Waals surface area contributed by atoms with Crippen LogP contribution in [0.15, 0.2) is 0 Å². The first-order valence-corrected chi connectivity index (χ1v) is 9.06. The van der Waals surface area contributed by atoms with Gasteiger partial charge in [0.15, 0.2) is 0 Å². The molecule has 0 amide bonds. The standard InChI is InChI=1S/C18H37NO/c1-5-7-8-9-10-11-12-13-18(6-2)19-14-16(3)20-17(4)15-19/h16-18H,5-15H2,1-4H3. The zero-order valence-electron chi connectivity index (χ0n) is 14.4. The zero-order chi connectivity index (χ0) is 14.8. The van der Waals surface area contributed by atoms with Crippen LogP contribution in [0.2, 0.25) is 0 Å². The van der Waals surface area contributed by atoms with Crippen molar-refractivity contribution >= 4 is 0 Å². The van der Waals surface area contributed by atoms with E-state index in [4.69, 9.17) is 4.74 Å². The third-order valence-corrected chi connectivity index (χ3v) is 4.58. The van der Waals surface area contributed by atoms with E-state index in [1.807, 2.05) is 0 Å². The smallest absolute Gasteiger partial charge is 0.0678 e. The fraction of sp³-hybridized carbons (Fsp3) is 1.00. The third kappa shape index (κ3) is 7.08. The molecule has 1 aliphatic rings. The lowest BCUT2D eigenvalue weighted by molar-refractivity contribution is -0.0817. The number of hydrogen-bond donors (Lipinski definition) is 0. The Labute approximate surface area is 127 Å². The van der Waals surface area contributed by atoms with Crippen LogP contribution < -0.4 is 0 Å². The summed E-state index contributed by atoms with van der Waals surface area (Å²) in [6.45, 7) is 11.3. The van der Waals surface area contributed by atoms with Crippen molar-refractivity contribution in [3.63, 3.8) is 0 Å². The molecule has 1 heterocycles. The van der Waals surface area contributed by atoms with Crippen LogP contribution in [-0.2, 0) is 4.74 Å². The minimum absolute atomic E-state index is 0.404. The average Bonchev–Trinajstić information content (AvgIpc) is 2.41. The molecule has 0 aromatic carbocycles. The molecule has 1 aliphatic heterocycles. The van der Waals surface area contributed by atoms with Gasteiger partial charge in [0.2, 0.25) is 0 Å². The van der Waals surface area contributed by atoms with Gasteiger partial charge in [0.1, 0.15) is 0 Å². The lowest BCUT2D eigenvalue weighted by Gasteiger charge is -2.40. The number of hydrogen-bond acceptors (Lipinski definition) is 2. The molecule has 0 saturated carbocycles. The maximum Gasteiger partial charge on any atom is 0.0678 e. The highest BCUT2D eigenvalue weighted by Crippen LogP contribution is 2.20. The molecule has 0 N–H and O–H groups in total. The molecule has 3 atom stereocenters. The maximum atomic E-state index is 5.85. The molecular weight excluding hydrogens is 246 g/mol. The van der Waals surface area contributed by atoms with Crippen molar-refractivity contribution < 1.29 is 4.74 Å². The van der Waals surface area contributed by atoms with Crippen LogP contribution >= 0.6 is 0 Å². The van der Waals surface area contributed by atoms with Crippen molar-refractivity contribution in [2.75, 3.05) is 13.1 Å². The van der Waals surface area contributed by atoms with E-state index >= 15 is 0 Å². The van der Waals surface area contributed by atoms with E-state index in [2.05, 4.69) is 32.6 Å². The molecule has 1 fully saturated rings. The van der Waals surface area contributed by atoms with Gasteiger partial charge in [-0.3, -0.25) is 4.90 Å². The lowest BCUT2D eigenvalue weighted by atomic mass is 10.0. The normalized spacial score (nSPS) is 25.8. The summed E-state index contributed by atoms with van der Waals surface area (Å²) in [5.74, 6) is 0. The monoisotopic (exact) mass is 283 g/mol. The zero-order valence-corrected chi connectivity index (χ0v) is 14.4. The van der Waals surface area contributed by atoms with Crippen LogP contribution in [0.5, 0.6) is 0 Å². The minimum atomic E-state index is 0.404. The van der Waals surface area contributed by atoms with Crippen molar-refractivity contribution in [2.24, 2.45) is 0 Å². The minimum Gasteiger partial charge on any atom is -0.373 e. The van der Waals surface area contributed by atoms with Crippen LogP contribution in [0.3, 0.4) is 0 Å². The number of ether oxygens (including phenoxy) is 1. The Bertz CT molecular complexity index is 221. The van der Waals surface area contributed by atoms with Crippen LogP contribution in [0, 0.1) is 0 Å². The van der Waals surface area contributed by atoms with E-state index in [-0.39, 0.29) is 0 Å². The van der Waals surface area contributed by atoms with Crippen LogP contribution in [0.1, 0.15) is 85.5 Å². The molecule has 0 aromatic rings. The molecule has 3 unspecified atom stereocenters. The maximum absolute atomic E-state index is 5.85. The van der Waals surface area contributed by atoms with Gasteiger partial charge in [-0.15, -0.1) is 0 Å². The number of nitrogens with zero attached hydrogens (tertiary/aromatic N) is 1. The molecule has 0 aromatic heterocycles. The Morgan fingerprint density at radius 3 is 2.00 bits per heavy atom. The molecule has 2 heteroatoms. The fourth-order valence-corrected chi connectivity index (χ4v) is 3.50. The Kier molecular flexibility index (Phi) is 9.54. The van der Waals surface area contributed by atoms with Crippen LogP contribution in [0.25, 0.3) is 0 Å². The van der Waals surface area contributed by atoms with Crippen molar-refractivity contribution in [2.45, 2.75) is 104 Å². The summed E-state index contributed by atoms with van der Waals surface area (Å²) in [5, 5.41) is 0. The molecule has 1 saturated heterocycles. The molecule has 20 heavy (non-hydrogen) atoms. The number of unbranched alkanes of at least 4 members (excludes halogenated alkanes) is 6. The second kappa shape index (κ2) is 10.6. The quantitative estimate of drug-likeness (QED) is 0.522. The van der Waals surface area contributed by atoms with E-state index in [1.165, 1.54) is 57.8 Å². The van der Waals surface area contributed by atoms with Gasteiger partial charge < -0.3 is 4.74 Å². The van der Waals surface area contributed by atoms with Crippen LogP contribution in [0.4, 0.5) is 0 Å². The van der Waals surface area contributed by atoms with Crippen molar-refractivity contribution in [1.82, 2.24) is 4.90 Å². The first-order valence-electron chi connectivity index (χ1n) is 9.06. The van der Waals surface area contributed by atoms with E-state index < -0.39 is 0 Å². The summed E-state index contributed by atoms with van der Waals surface area (Å²) in [6, 6.07) is 0.777. The Hall–Kier alpha value is -0.0800. The van der Waals surface area contributed by atoms with E-state index in [9.17, 15) is 0 Å². The Morgan fingerprint density at radius 2 is 1.45 bits per heavy atom. The van der Waals surface area contributed by atoms with Gasteiger partial charge in [-0.1, -0.05) is 58.8 Å². The summed E-state index contributed by atoms with van der Waals surface area (Å²) >= 11 is 0. The first-order chi connectivity index (χ1) is 9.67. The van der Waals surface area contributed by atoms with Gasteiger partial charge in [-0.25, -0.2) is 0 Å². The highest BCUT2D eigenvalue weighted by molar-refractivity contribution is 4.79. The lowest BCUT2D eigenvalue weighted by Crippen LogP contribution is -2.49. The second-order valence-electron chi connectivity index (χ2n) is 6.68. The Morgan fingerprint density at radius 1 is 0.900 bits per heavy atom. The highest BCUT2D eigenvalue weighted by Gasteiger charge is 2.26. The summed E-state index contributed by atoms with van der Waals surface area (Å²) < 4.78 is 5.85. The SMILES string of the molecule is CCCCCCCCCC(CC)N1CC(C)OC(C)C1. The molecule has 0 radical (unpaired) electrons. The predicted octanol–water partition coefficient (Wildman–Crippen LogP) is 5.01. The summed E-state index contributed by atoms with van der Waals surface area (Å²) in [7, 11) is 0. The average molecular weight is 284 g/mol. The summed E-state index contributed by atoms with van der Waals surface area (Å²) in [4.78, 5) is 2.68. The summed E-state index contributed by atoms with van der Waals surface area (Å²) in [5.41, 5.74) is 0. The molecule has 0 aliphatic carbocycles. The van der Waals surface area contributed by atoms with Gasteiger partial charge in [0, 0.05) is 19.1 Å². The van der Waals surface area contributed by atoms with E-state index in [1.54, 1.807) is 0 Å². The van der Waals surface area contributed by atoms with Crippen molar-refractivity contribution in [3.05, 3.63) is 0 Å². The van der Waals surface area contributed by atoms with Gasteiger partial charge in [0.05, 0.1) is 12.2 Å². The first kappa shape index (κ1) is 18.0. The van der Waals surface area contributed by atoms with Crippen LogP contribution in [-0.4, -0.2) is 36.2 Å². The molecule has 0 spiro atoms. The number of morpholine rings is 1.